The molecule has 3 N–H and O–H groups in total. The maximum atomic E-state index is 7.32. The van der Waals surface area contributed by atoms with Gasteiger partial charge in [0.2, 0.25) is 0 Å². The second-order valence-electron chi connectivity index (χ2n) is 5.15. The summed E-state index contributed by atoms with van der Waals surface area (Å²) in [6.07, 6.45) is 2.60. The van der Waals surface area contributed by atoms with Crippen LogP contribution in [0, 0.1) is 11.3 Å². The van der Waals surface area contributed by atoms with Crippen LogP contribution < -0.4 is 10.5 Å². The summed E-state index contributed by atoms with van der Waals surface area (Å²) in [4.78, 5) is 2.47. The lowest BCUT2D eigenvalue weighted by Gasteiger charge is -2.16. The average Bonchev–Trinajstić information content (AvgIpc) is 2.87. The van der Waals surface area contributed by atoms with Crippen LogP contribution in [0.1, 0.15) is 25.3 Å². The zero-order valence-corrected chi connectivity index (χ0v) is 11.6. The van der Waals surface area contributed by atoms with E-state index < -0.39 is 0 Å². The Hall–Kier alpha value is -1.55. The molecule has 0 aromatic heterocycles. The number of nitrogens with one attached hydrogen (secondary N) is 1. The minimum atomic E-state index is 0.0919. The molecule has 0 aliphatic carbocycles. The van der Waals surface area contributed by atoms with E-state index in [1.54, 1.807) is 0 Å². The van der Waals surface area contributed by atoms with Crippen LogP contribution in [0.2, 0.25) is 0 Å². The zero-order valence-electron chi connectivity index (χ0n) is 11.6. The van der Waals surface area contributed by atoms with E-state index in [4.69, 9.17) is 15.9 Å². The molecule has 1 unspecified atom stereocenters. The van der Waals surface area contributed by atoms with Crippen molar-refractivity contribution in [2.75, 3.05) is 26.2 Å². The van der Waals surface area contributed by atoms with E-state index >= 15 is 0 Å². The number of amidine groups is 1. The van der Waals surface area contributed by atoms with E-state index in [1.807, 2.05) is 24.3 Å². The fourth-order valence-corrected chi connectivity index (χ4v) is 2.47. The van der Waals surface area contributed by atoms with Crippen molar-refractivity contribution in [3.63, 3.8) is 0 Å². The van der Waals surface area contributed by atoms with Crippen molar-refractivity contribution in [1.82, 2.24) is 4.90 Å². The van der Waals surface area contributed by atoms with Gasteiger partial charge in [0.1, 0.15) is 18.2 Å². The summed E-state index contributed by atoms with van der Waals surface area (Å²) in [5.41, 5.74) is 6.14. The largest absolute Gasteiger partial charge is 0.492 e. The molecule has 1 aromatic carbocycles. The van der Waals surface area contributed by atoms with E-state index in [9.17, 15) is 0 Å². The Bertz CT molecular complexity index is 416. The van der Waals surface area contributed by atoms with Crippen LogP contribution in [0.15, 0.2) is 24.3 Å². The van der Waals surface area contributed by atoms with Crippen molar-refractivity contribution >= 4 is 5.84 Å². The summed E-state index contributed by atoms with van der Waals surface area (Å²) in [6.45, 7) is 6.39. The third kappa shape index (κ3) is 3.96. The first kappa shape index (κ1) is 13.9. The summed E-state index contributed by atoms with van der Waals surface area (Å²) >= 11 is 0. The van der Waals surface area contributed by atoms with Crippen molar-refractivity contribution in [1.29, 1.82) is 5.41 Å². The van der Waals surface area contributed by atoms with Gasteiger partial charge >= 0.3 is 0 Å². The number of nitrogens with zero attached hydrogens (tertiary/aromatic N) is 1. The van der Waals surface area contributed by atoms with Crippen LogP contribution in [0.3, 0.4) is 0 Å². The van der Waals surface area contributed by atoms with Gasteiger partial charge in [0.05, 0.1) is 0 Å². The summed E-state index contributed by atoms with van der Waals surface area (Å²) in [5, 5.41) is 7.32. The number of likely N-dealkylation sites (tertiary alicyclic amines) is 1. The second kappa shape index (κ2) is 6.57. The lowest BCUT2D eigenvalue weighted by molar-refractivity contribution is 0.232. The van der Waals surface area contributed by atoms with Gasteiger partial charge in [0.15, 0.2) is 0 Å². The predicted molar refractivity (Wildman–Crippen MR) is 77.8 cm³/mol. The third-order valence-corrected chi connectivity index (χ3v) is 3.79. The summed E-state index contributed by atoms with van der Waals surface area (Å²) < 4.78 is 5.72. The summed E-state index contributed by atoms with van der Waals surface area (Å²) in [7, 11) is 0. The van der Waals surface area contributed by atoms with Gasteiger partial charge in [-0.05, 0) is 43.1 Å². The van der Waals surface area contributed by atoms with Crippen LogP contribution in [0.5, 0.6) is 5.75 Å². The highest BCUT2D eigenvalue weighted by molar-refractivity contribution is 5.94. The first-order chi connectivity index (χ1) is 9.19. The topological polar surface area (TPSA) is 62.3 Å². The standard InChI is InChI=1S/C15H23N3O/c1-2-12-7-8-18(11-12)9-10-19-14-5-3-13(4-6-14)15(16)17/h3-6,12H,2,7-11H2,1H3,(H3,16,17). The van der Waals surface area contributed by atoms with Crippen molar-refractivity contribution in [2.24, 2.45) is 11.7 Å². The van der Waals surface area contributed by atoms with E-state index in [1.165, 1.54) is 25.9 Å². The van der Waals surface area contributed by atoms with Crippen LogP contribution >= 0.6 is 0 Å². The summed E-state index contributed by atoms with van der Waals surface area (Å²) in [6, 6.07) is 7.38. The zero-order chi connectivity index (χ0) is 13.7. The van der Waals surface area contributed by atoms with Gasteiger partial charge < -0.3 is 10.5 Å². The Morgan fingerprint density at radius 1 is 1.42 bits per heavy atom. The molecule has 1 atom stereocenters. The summed E-state index contributed by atoms with van der Waals surface area (Å²) in [5.74, 6) is 1.81. The number of hydrogen-bond donors (Lipinski definition) is 2. The molecule has 4 nitrogen and oxygen atoms in total. The normalized spacial score (nSPS) is 19.5. The van der Waals surface area contributed by atoms with Gasteiger partial charge in [0.25, 0.3) is 0 Å². The van der Waals surface area contributed by atoms with Crippen molar-refractivity contribution in [3.8, 4) is 5.75 Å². The van der Waals surface area contributed by atoms with Crippen LogP contribution in [-0.2, 0) is 0 Å². The number of ether oxygens (including phenoxy) is 1. The van der Waals surface area contributed by atoms with Gasteiger partial charge in [-0.25, -0.2) is 0 Å². The van der Waals surface area contributed by atoms with Gasteiger partial charge in [-0.15, -0.1) is 0 Å². The lowest BCUT2D eigenvalue weighted by Crippen LogP contribution is -2.26. The lowest BCUT2D eigenvalue weighted by atomic mass is 10.1. The molecule has 0 amide bonds. The van der Waals surface area contributed by atoms with E-state index in [-0.39, 0.29) is 5.84 Å². The monoisotopic (exact) mass is 261 g/mol. The van der Waals surface area contributed by atoms with Gasteiger partial charge in [0, 0.05) is 18.7 Å². The highest BCUT2D eigenvalue weighted by Gasteiger charge is 2.20. The molecule has 0 spiro atoms. The highest BCUT2D eigenvalue weighted by Crippen LogP contribution is 2.18. The maximum absolute atomic E-state index is 7.32. The molecule has 1 aromatic rings. The molecule has 1 fully saturated rings. The molecule has 4 heteroatoms. The fraction of sp³-hybridized carbons (Fsp3) is 0.533. The number of nitrogen functional groups attached to an aromatic ring is 1. The molecule has 0 saturated carbocycles. The minimum absolute atomic E-state index is 0.0919. The smallest absolute Gasteiger partial charge is 0.122 e. The quantitative estimate of drug-likeness (QED) is 0.609. The Labute approximate surface area is 115 Å². The molecule has 1 aliphatic heterocycles. The molecule has 104 valence electrons. The van der Waals surface area contributed by atoms with E-state index in [0.29, 0.717) is 0 Å². The van der Waals surface area contributed by atoms with Crippen LogP contribution in [0.25, 0.3) is 0 Å². The Morgan fingerprint density at radius 2 is 2.16 bits per heavy atom. The Kier molecular flexibility index (Phi) is 4.80. The SMILES string of the molecule is CCC1CCN(CCOc2ccc(C(=N)N)cc2)C1. The maximum Gasteiger partial charge on any atom is 0.122 e. The highest BCUT2D eigenvalue weighted by atomic mass is 16.5. The van der Waals surface area contributed by atoms with E-state index in [2.05, 4.69) is 11.8 Å². The predicted octanol–water partition coefficient (Wildman–Crippen LogP) is 2.08. The molecule has 1 heterocycles. The van der Waals surface area contributed by atoms with Gasteiger partial charge in [-0.1, -0.05) is 13.3 Å². The van der Waals surface area contributed by atoms with Crippen molar-refractivity contribution < 1.29 is 4.74 Å². The van der Waals surface area contributed by atoms with Gasteiger partial charge in [-0.3, -0.25) is 10.3 Å². The minimum Gasteiger partial charge on any atom is -0.492 e. The molecule has 1 aliphatic rings. The molecular formula is C15H23N3O. The third-order valence-electron chi connectivity index (χ3n) is 3.79. The first-order valence-electron chi connectivity index (χ1n) is 6.98. The number of rotatable bonds is 6. The number of benzene rings is 1. The Balaban J connectivity index is 1.72. The average molecular weight is 261 g/mol. The first-order valence-corrected chi connectivity index (χ1v) is 6.98. The molecule has 19 heavy (non-hydrogen) atoms. The fourth-order valence-electron chi connectivity index (χ4n) is 2.47. The molecule has 1 saturated heterocycles. The van der Waals surface area contributed by atoms with E-state index in [0.717, 1.165) is 30.4 Å². The number of nitrogens with two attached hydrogens (primary N) is 1. The van der Waals surface area contributed by atoms with Crippen molar-refractivity contribution in [3.05, 3.63) is 29.8 Å². The molecule has 0 bridgehead atoms. The Morgan fingerprint density at radius 3 is 2.74 bits per heavy atom. The van der Waals surface area contributed by atoms with Crippen LogP contribution in [-0.4, -0.2) is 37.0 Å². The van der Waals surface area contributed by atoms with Crippen LogP contribution in [0.4, 0.5) is 0 Å². The number of hydrogen-bond acceptors (Lipinski definition) is 3. The molecule has 2 rings (SSSR count). The second-order valence-corrected chi connectivity index (χ2v) is 5.15. The van der Waals surface area contributed by atoms with Gasteiger partial charge in [-0.2, -0.15) is 0 Å². The van der Waals surface area contributed by atoms with Crippen molar-refractivity contribution in [2.45, 2.75) is 19.8 Å². The molecular weight excluding hydrogens is 238 g/mol. The molecule has 0 radical (unpaired) electrons.